The van der Waals surface area contributed by atoms with E-state index in [0.717, 1.165) is 30.8 Å². The normalized spacial score (nSPS) is 12.4. The molecular formula is C14H22O2. The van der Waals surface area contributed by atoms with Crippen molar-refractivity contribution in [1.82, 2.24) is 0 Å². The van der Waals surface area contributed by atoms with Crippen LogP contribution in [0.5, 0.6) is 5.75 Å². The molecule has 1 N–H and O–H groups in total. The molecule has 0 fully saturated rings. The number of hydrogen-bond donors (Lipinski definition) is 1. The van der Waals surface area contributed by atoms with Crippen molar-refractivity contribution < 1.29 is 9.84 Å². The zero-order valence-electron chi connectivity index (χ0n) is 10.3. The molecule has 0 aliphatic carbocycles. The Morgan fingerprint density at radius 2 is 1.94 bits per heavy atom. The van der Waals surface area contributed by atoms with Crippen molar-refractivity contribution in [3.05, 3.63) is 29.8 Å². The van der Waals surface area contributed by atoms with Crippen molar-refractivity contribution in [1.29, 1.82) is 0 Å². The van der Waals surface area contributed by atoms with Crippen molar-refractivity contribution in [3.8, 4) is 5.75 Å². The predicted molar refractivity (Wildman–Crippen MR) is 66.7 cm³/mol. The van der Waals surface area contributed by atoms with E-state index in [1.54, 1.807) is 0 Å². The van der Waals surface area contributed by atoms with Gasteiger partial charge in [-0.25, -0.2) is 0 Å². The van der Waals surface area contributed by atoms with Crippen molar-refractivity contribution in [2.24, 2.45) is 0 Å². The number of unbranched alkanes of at least 4 members (excludes halogenated alkanes) is 2. The van der Waals surface area contributed by atoms with E-state index in [1.165, 1.54) is 12.8 Å². The molecule has 0 bridgehead atoms. The molecule has 2 nitrogen and oxygen atoms in total. The van der Waals surface area contributed by atoms with Gasteiger partial charge < -0.3 is 9.84 Å². The number of hydrogen-bond acceptors (Lipinski definition) is 2. The van der Waals surface area contributed by atoms with E-state index in [-0.39, 0.29) is 0 Å². The van der Waals surface area contributed by atoms with Crippen LogP contribution in [0.4, 0.5) is 0 Å². The fourth-order valence-electron chi connectivity index (χ4n) is 1.64. The Hall–Kier alpha value is -1.02. The highest BCUT2D eigenvalue weighted by molar-refractivity contribution is 5.34. The highest BCUT2D eigenvalue weighted by Gasteiger charge is 2.10. The van der Waals surface area contributed by atoms with Crippen molar-refractivity contribution in [3.63, 3.8) is 0 Å². The first kappa shape index (κ1) is 13.0. The van der Waals surface area contributed by atoms with Crippen LogP contribution < -0.4 is 4.74 Å². The molecule has 0 radical (unpaired) electrons. The minimum atomic E-state index is -0.414. The average Bonchev–Trinajstić information content (AvgIpc) is 2.34. The van der Waals surface area contributed by atoms with Gasteiger partial charge in [-0.2, -0.15) is 0 Å². The first-order chi connectivity index (χ1) is 7.79. The maximum Gasteiger partial charge on any atom is 0.125 e. The number of aliphatic hydroxyl groups excluding tert-OH is 1. The van der Waals surface area contributed by atoms with Crippen LogP contribution in [0.1, 0.15) is 51.2 Å². The lowest BCUT2D eigenvalue weighted by atomic mass is 10.1. The van der Waals surface area contributed by atoms with Gasteiger partial charge in [0.05, 0.1) is 12.7 Å². The molecule has 0 unspecified atom stereocenters. The highest BCUT2D eigenvalue weighted by Crippen LogP contribution is 2.26. The Balaban J connectivity index is 2.57. The number of benzene rings is 1. The second-order valence-electron chi connectivity index (χ2n) is 4.02. The summed E-state index contributed by atoms with van der Waals surface area (Å²) in [6.45, 7) is 4.88. The molecule has 0 aromatic heterocycles. The summed E-state index contributed by atoms with van der Waals surface area (Å²) in [5.74, 6) is 0.827. The molecule has 1 atom stereocenters. The summed E-state index contributed by atoms with van der Waals surface area (Å²) in [6.07, 6.45) is 3.77. The van der Waals surface area contributed by atoms with Crippen LogP contribution in [0.15, 0.2) is 24.3 Å². The fourth-order valence-corrected chi connectivity index (χ4v) is 1.64. The topological polar surface area (TPSA) is 29.5 Å². The van der Waals surface area contributed by atoms with Crippen LogP contribution in [-0.4, -0.2) is 11.7 Å². The molecule has 1 aromatic carbocycles. The van der Waals surface area contributed by atoms with E-state index in [4.69, 9.17) is 4.74 Å². The first-order valence-electron chi connectivity index (χ1n) is 6.19. The molecule has 1 aromatic rings. The van der Waals surface area contributed by atoms with Crippen LogP contribution in [0, 0.1) is 0 Å². The van der Waals surface area contributed by atoms with Crippen LogP contribution in [-0.2, 0) is 0 Å². The molecule has 16 heavy (non-hydrogen) atoms. The van der Waals surface area contributed by atoms with Gasteiger partial charge in [0.1, 0.15) is 5.75 Å². The molecular weight excluding hydrogens is 200 g/mol. The molecule has 1 rings (SSSR count). The summed E-state index contributed by atoms with van der Waals surface area (Å²) in [5, 5.41) is 9.83. The summed E-state index contributed by atoms with van der Waals surface area (Å²) in [7, 11) is 0. The maximum absolute atomic E-state index is 9.83. The Morgan fingerprint density at radius 3 is 2.62 bits per heavy atom. The second-order valence-corrected chi connectivity index (χ2v) is 4.02. The summed E-state index contributed by atoms with van der Waals surface area (Å²) in [5.41, 5.74) is 0.904. The van der Waals surface area contributed by atoms with E-state index < -0.39 is 6.10 Å². The first-order valence-corrected chi connectivity index (χ1v) is 6.19. The molecule has 0 amide bonds. The van der Waals surface area contributed by atoms with Crippen LogP contribution in [0.25, 0.3) is 0 Å². The number of aliphatic hydroxyl groups is 1. The van der Waals surface area contributed by atoms with Crippen LogP contribution >= 0.6 is 0 Å². The third-order valence-corrected chi connectivity index (χ3v) is 2.67. The van der Waals surface area contributed by atoms with E-state index in [1.807, 2.05) is 31.2 Å². The average molecular weight is 222 g/mol. The maximum atomic E-state index is 9.83. The lowest BCUT2D eigenvalue weighted by Crippen LogP contribution is -2.03. The zero-order valence-corrected chi connectivity index (χ0v) is 10.3. The van der Waals surface area contributed by atoms with Gasteiger partial charge in [-0.1, -0.05) is 44.9 Å². The minimum absolute atomic E-state index is 0.414. The molecule has 0 aliphatic rings. The lowest BCUT2D eigenvalue weighted by Gasteiger charge is -2.14. The van der Waals surface area contributed by atoms with Crippen molar-refractivity contribution in [2.45, 2.75) is 45.6 Å². The summed E-state index contributed by atoms with van der Waals surface area (Å²) >= 11 is 0. The number of ether oxygens (including phenoxy) is 1. The van der Waals surface area contributed by atoms with Gasteiger partial charge in [-0.05, 0) is 18.9 Å². The summed E-state index contributed by atoms with van der Waals surface area (Å²) < 4.78 is 5.70. The van der Waals surface area contributed by atoms with E-state index in [2.05, 4.69) is 6.92 Å². The van der Waals surface area contributed by atoms with E-state index in [0.29, 0.717) is 0 Å². The number of para-hydroxylation sites is 1. The van der Waals surface area contributed by atoms with Gasteiger partial charge >= 0.3 is 0 Å². The minimum Gasteiger partial charge on any atom is -0.493 e. The fraction of sp³-hybridized carbons (Fsp3) is 0.571. The predicted octanol–water partition coefficient (Wildman–Crippen LogP) is 3.70. The van der Waals surface area contributed by atoms with Crippen LogP contribution in [0.2, 0.25) is 0 Å². The van der Waals surface area contributed by atoms with Crippen LogP contribution in [0.3, 0.4) is 0 Å². The smallest absolute Gasteiger partial charge is 0.125 e. The molecule has 0 spiro atoms. The van der Waals surface area contributed by atoms with Gasteiger partial charge in [0.15, 0.2) is 0 Å². The van der Waals surface area contributed by atoms with E-state index in [9.17, 15) is 5.11 Å². The second kappa shape index (κ2) is 7.29. The third kappa shape index (κ3) is 3.86. The van der Waals surface area contributed by atoms with Gasteiger partial charge in [0.25, 0.3) is 0 Å². The molecule has 0 saturated carbocycles. The zero-order chi connectivity index (χ0) is 11.8. The summed E-state index contributed by atoms with van der Waals surface area (Å²) in [6, 6.07) is 7.75. The molecule has 2 heteroatoms. The van der Waals surface area contributed by atoms with Gasteiger partial charge in [0, 0.05) is 5.56 Å². The highest BCUT2D eigenvalue weighted by atomic mass is 16.5. The number of rotatable bonds is 7. The van der Waals surface area contributed by atoms with Gasteiger partial charge in [-0.15, -0.1) is 0 Å². The Kier molecular flexibility index (Phi) is 5.94. The molecule has 90 valence electrons. The Morgan fingerprint density at radius 1 is 1.19 bits per heavy atom. The molecule has 0 aliphatic heterocycles. The monoisotopic (exact) mass is 222 g/mol. The van der Waals surface area contributed by atoms with Crippen molar-refractivity contribution in [2.75, 3.05) is 6.61 Å². The third-order valence-electron chi connectivity index (χ3n) is 2.67. The van der Waals surface area contributed by atoms with Gasteiger partial charge in [-0.3, -0.25) is 0 Å². The lowest BCUT2D eigenvalue weighted by molar-refractivity contribution is 0.167. The standard InChI is InChI=1S/C14H22O2/c1-3-5-8-11-16-14-10-7-6-9-12(14)13(15)4-2/h6-7,9-10,13,15H,3-5,8,11H2,1-2H3/t13-/m0/s1. The molecule has 0 saturated heterocycles. The SMILES string of the molecule is CCCCCOc1ccccc1[C@@H](O)CC. The van der Waals surface area contributed by atoms with Crippen molar-refractivity contribution >= 4 is 0 Å². The van der Waals surface area contributed by atoms with E-state index >= 15 is 0 Å². The quantitative estimate of drug-likeness (QED) is 0.713. The largest absolute Gasteiger partial charge is 0.493 e. The van der Waals surface area contributed by atoms with Gasteiger partial charge in [0.2, 0.25) is 0 Å². The Labute approximate surface area is 98.3 Å². The molecule has 0 heterocycles. The Bertz CT molecular complexity index is 297. The summed E-state index contributed by atoms with van der Waals surface area (Å²) in [4.78, 5) is 0.